The molecule has 65 valence electrons. The number of hydrogen-bond donors (Lipinski definition) is 0. The first-order valence-corrected chi connectivity index (χ1v) is 4.83. The van der Waals surface area contributed by atoms with Crippen LogP contribution in [0.1, 0.15) is 11.1 Å². The summed E-state index contributed by atoms with van der Waals surface area (Å²) >= 11 is 1.83. The van der Waals surface area contributed by atoms with E-state index in [0.717, 1.165) is 5.82 Å². The Labute approximate surface area is 85.6 Å². The van der Waals surface area contributed by atoms with E-state index in [-0.39, 0.29) is 0 Å². The molecule has 2 aromatic rings. The molecule has 0 aliphatic rings. The molecule has 0 atom stereocenters. The maximum absolute atomic E-state index is 4.22. The van der Waals surface area contributed by atoms with Crippen LogP contribution in [0.4, 0.5) is 0 Å². The Balaban J connectivity index is 2.64. The van der Waals surface area contributed by atoms with Crippen molar-refractivity contribution in [3.63, 3.8) is 0 Å². The zero-order valence-electron chi connectivity index (χ0n) is 7.86. The fourth-order valence-corrected chi connectivity index (χ4v) is 2.14. The van der Waals surface area contributed by atoms with E-state index in [4.69, 9.17) is 0 Å². The summed E-state index contributed by atoms with van der Waals surface area (Å²) in [7, 11) is 0. The molecule has 3 nitrogen and oxygen atoms in total. The number of aryl methyl sites for hydroxylation is 1. The summed E-state index contributed by atoms with van der Waals surface area (Å²) in [5.41, 5.74) is 2.60. The van der Waals surface area contributed by atoms with Crippen LogP contribution in [0, 0.1) is 13.8 Å². The third kappa shape index (κ3) is 1.33. The van der Waals surface area contributed by atoms with Crippen LogP contribution in [0.25, 0.3) is 5.82 Å². The molecule has 0 saturated carbocycles. The van der Waals surface area contributed by atoms with Crippen LogP contribution in [0.2, 0.25) is 0 Å². The van der Waals surface area contributed by atoms with Gasteiger partial charge in [0.15, 0.2) is 0 Å². The van der Waals surface area contributed by atoms with E-state index < -0.39 is 0 Å². The number of aromatic nitrogens is 3. The van der Waals surface area contributed by atoms with Gasteiger partial charge in [0.25, 0.3) is 0 Å². The first-order chi connectivity index (χ1) is 6.20. The summed E-state index contributed by atoms with van der Waals surface area (Å²) in [4.78, 5) is 0. The molecule has 1 radical (unpaired) electrons. The van der Waals surface area contributed by atoms with Gasteiger partial charge >= 0.3 is 16.5 Å². The minimum Gasteiger partial charge on any atom is -0.437 e. The Bertz CT molecular complexity index is 414. The highest BCUT2D eigenvalue weighted by Gasteiger charge is 2.07. The van der Waals surface area contributed by atoms with Gasteiger partial charge in [0, 0.05) is 12.4 Å². The highest BCUT2D eigenvalue weighted by Crippen LogP contribution is 2.17. The van der Waals surface area contributed by atoms with Crippen LogP contribution in [-0.2, 0) is 0 Å². The second kappa shape index (κ2) is 3.06. The standard InChI is InChI=1S/C9H10N3.Al.H/c1-7-6-10-9(8(7)2)12-5-3-4-11-12;;/h3-6H,1-2H3;;/q-1;+1;. The molecule has 2 rings (SSSR count). The fourth-order valence-electron chi connectivity index (χ4n) is 1.48. The SMILES string of the molecule is Cc1c[n]([AlH])c(-n2cccn2)c1C. The van der Waals surface area contributed by atoms with Crippen molar-refractivity contribution in [2.24, 2.45) is 0 Å². The van der Waals surface area contributed by atoms with Crippen LogP contribution in [-0.4, -0.2) is 29.8 Å². The summed E-state index contributed by atoms with van der Waals surface area (Å²) in [6.07, 6.45) is 5.89. The summed E-state index contributed by atoms with van der Waals surface area (Å²) < 4.78 is 4.02. The Kier molecular flexibility index (Phi) is 2.03. The predicted molar refractivity (Wildman–Crippen MR) is 53.6 cm³/mol. The Morgan fingerprint density at radius 1 is 1.38 bits per heavy atom. The molecule has 0 saturated heterocycles. The summed E-state index contributed by atoms with van der Waals surface area (Å²) in [6.45, 7) is 4.24. The quantitative estimate of drug-likeness (QED) is 0.611. The van der Waals surface area contributed by atoms with E-state index in [9.17, 15) is 0 Å². The van der Waals surface area contributed by atoms with Crippen molar-refractivity contribution >= 4 is 16.5 Å². The average Bonchev–Trinajstić information content (AvgIpc) is 2.63. The molecule has 0 fully saturated rings. The molecule has 0 spiro atoms. The van der Waals surface area contributed by atoms with E-state index in [2.05, 4.69) is 28.7 Å². The van der Waals surface area contributed by atoms with Gasteiger partial charge in [0.1, 0.15) is 5.82 Å². The Morgan fingerprint density at radius 2 is 2.15 bits per heavy atom. The van der Waals surface area contributed by atoms with Crippen LogP contribution in [0.5, 0.6) is 0 Å². The molecule has 4 heteroatoms. The van der Waals surface area contributed by atoms with Gasteiger partial charge in [-0.2, -0.15) is 5.10 Å². The van der Waals surface area contributed by atoms with Gasteiger partial charge in [0.2, 0.25) is 0 Å². The molecule has 0 aromatic carbocycles. The van der Waals surface area contributed by atoms with Gasteiger partial charge in [-0.25, -0.2) is 4.68 Å². The maximum atomic E-state index is 4.22. The molecule has 0 amide bonds. The number of hydrogen-bond acceptors (Lipinski definition) is 1. The van der Waals surface area contributed by atoms with Crippen molar-refractivity contribution in [3.05, 3.63) is 35.8 Å². The molecule has 0 unspecified atom stereocenters. The van der Waals surface area contributed by atoms with Gasteiger partial charge in [0.05, 0.1) is 0 Å². The molecule has 2 heterocycles. The van der Waals surface area contributed by atoms with Crippen LogP contribution >= 0.6 is 0 Å². The maximum Gasteiger partial charge on any atom is 0.351 e. The summed E-state index contributed by atoms with van der Waals surface area (Å²) in [5, 5.41) is 4.22. The van der Waals surface area contributed by atoms with Crippen LogP contribution in [0.3, 0.4) is 0 Å². The number of nitrogens with zero attached hydrogens (tertiary/aromatic N) is 3. The lowest BCUT2D eigenvalue weighted by Crippen LogP contribution is -2.04. The monoisotopic (exact) mass is 188 g/mol. The van der Waals surface area contributed by atoms with Crippen molar-refractivity contribution < 1.29 is 0 Å². The molecule has 2 aromatic heterocycles. The first kappa shape index (κ1) is 8.61. The van der Waals surface area contributed by atoms with Crippen molar-refractivity contribution in [2.75, 3.05) is 0 Å². The minimum absolute atomic E-state index is 1.15. The highest BCUT2D eigenvalue weighted by atomic mass is 27.1. The fraction of sp³-hybridized carbons (Fsp3) is 0.222. The molecule has 0 aliphatic heterocycles. The summed E-state index contributed by atoms with van der Waals surface area (Å²) in [6, 6.07) is 1.94. The zero-order chi connectivity index (χ0) is 9.42. The smallest absolute Gasteiger partial charge is 0.351 e. The summed E-state index contributed by atoms with van der Waals surface area (Å²) in [5.74, 6) is 1.15. The van der Waals surface area contributed by atoms with Crippen molar-refractivity contribution in [1.82, 2.24) is 13.3 Å². The Hall–Kier alpha value is -0.978. The van der Waals surface area contributed by atoms with Gasteiger partial charge in [-0.3, -0.25) is 0 Å². The first-order valence-electron chi connectivity index (χ1n) is 4.19. The molecular weight excluding hydrogens is 177 g/mol. The second-order valence-corrected chi connectivity index (χ2v) is 3.86. The normalized spacial score (nSPS) is 10.6. The van der Waals surface area contributed by atoms with E-state index >= 15 is 0 Å². The van der Waals surface area contributed by atoms with Gasteiger partial charge in [-0.05, 0) is 37.2 Å². The molecule has 0 aliphatic carbocycles. The minimum atomic E-state index is 1.15. The van der Waals surface area contributed by atoms with Crippen LogP contribution < -0.4 is 0 Å². The predicted octanol–water partition coefficient (Wildman–Crippen LogP) is 0.955. The van der Waals surface area contributed by atoms with E-state index in [1.54, 1.807) is 6.20 Å². The third-order valence-electron chi connectivity index (χ3n) is 2.27. The molecular formula is C9H11AlN3. The average molecular weight is 188 g/mol. The third-order valence-corrected chi connectivity index (χ3v) is 2.75. The van der Waals surface area contributed by atoms with E-state index in [1.165, 1.54) is 11.1 Å². The van der Waals surface area contributed by atoms with Crippen molar-refractivity contribution in [1.29, 1.82) is 0 Å². The molecule has 0 bridgehead atoms. The zero-order valence-corrected chi connectivity index (χ0v) is 9.27. The lowest BCUT2D eigenvalue weighted by Gasteiger charge is -2.05. The number of rotatable bonds is 1. The van der Waals surface area contributed by atoms with Crippen LogP contribution in [0.15, 0.2) is 24.7 Å². The van der Waals surface area contributed by atoms with Crippen molar-refractivity contribution in [3.8, 4) is 5.82 Å². The molecule has 0 N–H and O–H groups in total. The lowest BCUT2D eigenvalue weighted by molar-refractivity contribution is 0.833. The van der Waals surface area contributed by atoms with Crippen molar-refractivity contribution in [2.45, 2.75) is 13.8 Å². The van der Waals surface area contributed by atoms with Gasteiger partial charge in [-0.1, -0.05) is 0 Å². The molecule has 13 heavy (non-hydrogen) atoms. The largest absolute Gasteiger partial charge is 0.437 e. The highest BCUT2D eigenvalue weighted by molar-refractivity contribution is 6.08. The van der Waals surface area contributed by atoms with E-state index in [1.807, 2.05) is 33.5 Å². The van der Waals surface area contributed by atoms with Gasteiger partial charge < -0.3 is 3.55 Å². The topological polar surface area (TPSA) is 22.8 Å². The second-order valence-electron chi connectivity index (χ2n) is 3.18. The lowest BCUT2D eigenvalue weighted by atomic mass is 10.2. The van der Waals surface area contributed by atoms with Gasteiger partial charge in [-0.15, -0.1) is 0 Å². The Morgan fingerprint density at radius 3 is 2.62 bits per heavy atom. The van der Waals surface area contributed by atoms with E-state index in [0.29, 0.717) is 0 Å².